The van der Waals surface area contributed by atoms with E-state index in [0.717, 1.165) is 29.3 Å². The van der Waals surface area contributed by atoms with Crippen molar-refractivity contribution in [1.29, 1.82) is 0 Å². The van der Waals surface area contributed by atoms with Crippen LogP contribution < -0.4 is 10.6 Å². The van der Waals surface area contributed by atoms with E-state index >= 15 is 0 Å². The molecule has 3 heterocycles. The predicted molar refractivity (Wildman–Crippen MR) is 102 cm³/mol. The average molecular weight is 384 g/mol. The molecule has 2 saturated heterocycles. The van der Waals surface area contributed by atoms with Crippen LogP contribution in [0.1, 0.15) is 24.8 Å². The summed E-state index contributed by atoms with van der Waals surface area (Å²) in [6, 6.07) is 6.25. The molecule has 0 saturated carbocycles. The van der Waals surface area contributed by atoms with Crippen molar-refractivity contribution in [2.75, 3.05) is 13.2 Å². The van der Waals surface area contributed by atoms with Gasteiger partial charge in [-0.25, -0.2) is 0 Å². The van der Waals surface area contributed by atoms with Crippen molar-refractivity contribution >= 4 is 28.6 Å². The van der Waals surface area contributed by atoms with E-state index in [1.807, 2.05) is 30.5 Å². The van der Waals surface area contributed by atoms with Gasteiger partial charge in [-0.05, 0) is 24.5 Å². The molecule has 148 valence electrons. The number of likely N-dealkylation sites (tertiary alicyclic amines) is 1. The van der Waals surface area contributed by atoms with E-state index in [9.17, 15) is 19.5 Å². The third kappa shape index (κ3) is 3.47. The Hall–Kier alpha value is -2.87. The molecule has 8 nitrogen and oxygen atoms in total. The largest absolute Gasteiger partial charge is 0.394 e. The second-order valence-corrected chi connectivity index (χ2v) is 7.46. The molecule has 2 aliphatic rings. The van der Waals surface area contributed by atoms with E-state index in [-0.39, 0.29) is 36.8 Å². The van der Waals surface area contributed by atoms with Gasteiger partial charge in [0.05, 0.1) is 19.1 Å². The highest BCUT2D eigenvalue weighted by molar-refractivity contribution is 5.99. The topological polar surface area (TPSA) is 115 Å². The van der Waals surface area contributed by atoms with Crippen molar-refractivity contribution in [3.8, 4) is 0 Å². The molecule has 3 atom stereocenters. The lowest BCUT2D eigenvalue weighted by Gasteiger charge is -2.31. The number of carbonyl (C=O) groups excluding carboxylic acids is 3. The zero-order chi connectivity index (χ0) is 19.7. The van der Waals surface area contributed by atoms with E-state index < -0.39 is 12.1 Å². The number of para-hydroxylation sites is 1. The van der Waals surface area contributed by atoms with Crippen LogP contribution in [0.3, 0.4) is 0 Å². The van der Waals surface area contributed by atoms with Crippen molar-refractivity contribution in [1.82, 2.24) is 20.5 Å². The van der Waals surface area contributed by atoms with E-state index in [0.29, 0.717) is 13.0 Å². The van der Waals surface area contributed by atoms with Crippen LogP contribution in [0.2, 0.25) is 0 Å². The molecular weight excluding hydrogens is 360 g/mol. The van der Waals surface area contributed by atoms with Gasteiger partial charge in [0.1, 0.15) is 12.1 Å². The number of aromatic nitrogens is 1. The first-order valence-electron chi connectivity index (χ1n) is 9.63. The molecule has 2 fully saturated rings. The first-order valence-corrected chi connectivity index (χ1v) is 9.63. The Morgan fingerprint density at radius 2 is 2.11 bits per heavy atom. The number of hydrogen-bond acceptors (Lipinski definition) is 4. The zero-order valence-electron chi connectivity index (χ0n) is 15.5. The lowest BCUT2D eigenvalue weighted by atomic mass is 10.0. The Morgan fingerprint density at radius 3 is 2.86 bits per heavy atom. The molecule has 0 spiro atoms. The van der Waals surface area contributed by atoms with Crippen molar-refractivity contribution in [3.63, 3.8) is 0 Å². The molecule has 4 rings (SSSR count). The number of β-lactam (4-membered cyclic amide) rings is 1. The summed E-state index contributed by atoms with van der Waals surface area (Å²) in [4.78, 5) is 41.7. The summed E-state index contributed by atoms with van der Waals surface area (Å²) >= 11 is 0. The van der Waals surface area contributed by atoms with Crippen LogP contribution in [0.25, 0.3) is 10.9 Å². The van der Waals surface area contributed by atoms with Gasteiger partial charge in [-0.3, -0.25) is 14.4 Å². The fourth-order valence-corrected chi connectivity index (χ4v) is 4.03. The molecule has 2 aromatic rings. The molecule has 4 N–H and O–H groups in total. The maximum absolute atomic E-state index is 13.2. The minimum Gasteiger partial charge on any atom is -0.394 e. The van der Waals surface area contributed by atoms with Crippen LogP contribution in [0.15, 0.2) is 30.5 Å². The van der Waals surface area contributed by atoms with Gasteiger partial charge >= 0.3 is 0 Å². The van der Waals surface area contributed by atoms with Crippen LogP contribution in [-0.2, 0) is 20.8 Å². The second-order valence-electron chi connectivity index (χ2n) is 7.46. The number of carbonyl (C=O) groups is 3. The zero-order valence-corrected chi connectivity index (χ0v) is 15.5. The number of aliphatic hydroxyl groups excluding tert-OH is 1. The number of hydrogen-bond donors (Lipinski definition) is 4. The van der Waals surface area contributed by atoms with Crippen molar-refractivity contribution in [2.45, 2.75) is 43.8 Å². The molecule has 28 heavy (non-hydrogen) atoms. The van der Waals surface area contributed by atoms with E-state index in [1.54, 1.807) is 4.90 Å². The monoisotopic (exact) mass is 384 g/mol. The number of nitrogens with zero attached hydrogens (tertiary/aromatic N) is 1. The summed E-state index contributed by atoms with van der Waals surface area (Å²) in [5.41, 5.74) is 1.90. The third-order valence-corrected chi connectivity index (χ3v) is 5.63. The number of benzene rings is 1. The number of amides is 3. The number of nitrogens with one attached hydrogen (secondary N) is 3. The van der Waals surface area contributed by atoms with Gasteiger partial charge in [0.15, 0.2) is 0 Å². The average Bonchev–Trinajstić information content (AvgIpc) is 3.31. The van der Waals surface area contributed by atoms with Crippen molar-refractivity contribution in [2.24, 2.45) is 0 Å². The Labute approximate surface area is 162 Å². The number of H-pyrrole nitrogens is 1. The van der Waals surface area contributed by atoms with E-state index in [2.05, 4.69) is 15.6 Å². The van der Waals surface area contributed by atoms with Crippen molar-refractivity contribution < 1.29 is 19.5 Å². The number of rotatable bonds is 6. The third-order valence-electron chi connectivity index (χ3n) is 5.63. The molecule has 2 aliphatic heterocycles. The lowest BCUT2D eigenvalue weighted by Crippen LogP contribution is -2.61. The molecule has 0 bridgehead atoms. The van der Waals surface area contributed by atoms with Crippen LogP contribution in [0.4, 0.5) is 0 Å². The molecule has 0 unspecified atom stereocenters. The molecule has 1 aromatic carbocycles. The highest BCUT2D eigenvalue weighted by Gasteiger charge is 2.37. The highest BCUT2D eigenvalue weighted by atomic mass is 16.3. The summed E-state index contributed by atoms with van der Waals surface area (Å²) in [7, 11) is 0. The summed E-state index contributed by atoms with van der Waals surface area (Å²) < 4.78 is 0. The minimum atomic E-state index is -0.753. The highest BCUT2D eigenvalue weighted by Crippen LogP contribution is 2.22. The maximum atomic E-state index is 13.2. The van der Waals surface area contributed by atoms with Gasteiger partial charge in [0, 0.05) is 30.1 Å². The van der Waals surface area contributed by atoms with Gasteiger partial charge in [-0.1, -0.05) is 18.2 Å². The summed E-state index contributed by atoms with van der Waals surface area (Å²) in [5.74, 6) is -0.710. The molecule has 1 aromatic heterocycles. The normalized spacial score (nSPS) is 22.6. The lowest BCUT2D eigenvalue weighted by molar-refractivity contribution is -0.141. The van der Waals surface area contributed by atoms with Gasteiger partial charge in [-0.15, -0.1) is 0 Å². The Bertz CT molecular complexity index is 900. The number of aliphatic hydroxyl groups is 1. The van der Waals surface area contributed by atoms with Crippen LogP contribution in [0, 0.1) is 0 Å². The fraction of sp³-hybridized carbons (Fsp3) is 0.450. The van der Waals surface area contributed by atoms with Gasteiger partial charge < -0.3 is 25.6 Å². The smallest absolute Gasteiger partial charge is 0.245 e. The number of aromatic amines is 1. The molecule has 8 heteroatoms. The summed E-state index contributed by atoms with van der Waals surface area (Å²) in [6.07, 6.45) is 3.93. The van der Waals surface area contributed by atoms with Crippen LogP contribution in [-0.4, -0.2) is 64.0 Å². The molecular formula is C20H24N4O4. The fourth-order valence-electron chi connectivity index (χ4n) is 4.03. The standard InChI is InChI=1S/C20H24N4O4/c25-11-13-4-3-7-24(13)20(28)17(23-19(27)16-9-18(26)22-16)8-12-10-21-15-6-2-1-5-14(12)15/h1-2,5-6,10,13,16-17,21,25H,3-4,7-9,11H2,(H,22,26)(H,23,27)/t13-,16-,17-/m0/s1. The molecule has 0 aliphatic carbocycles. The van der Waals surface area contributed by atoms with E-state index in [4.69, 9.17) is 0 Å². The minimum absolute atomic E-state index is 0.0851. The summed E-state index contributed by atoms with van der Waals surface area (Å²) in [5, 5.41) is 16.0. The first kappa shape index (κ1) is 18.5. The molecule has 0 radical (unpaired) electrons. The summed E-state index contributed by atoms with van der Waals surface area (Å²) in [6.45, 7) is 0.489. The SMILES string of the molecule is O=C1C[C@@H](C(=O)N[C@@H](Cc2c[nH]c3ccccc23)C(=O)N2CCC[C@H]2CO)N1. The molecule has 3 amide bonds. The van der Waals surface area contributed by atoms with Gasteiger partial charge in [0.2, 0.25) is 17.7 Å². The van der Waals surface area contributed by atoms with E-state index in [1.165, 1.54) is 0 Å². The van der Waals surface area contributed by atoms with Crippen LogP contribution in [0.5, 0.6) is 0 Å². The predicted octanol–water partition coefficient (Wildman–Crippen LogP) is 0.0670. The Balaban J connectivity index is 1.56. The quantitative estimate of drug-likeness (QED) is 0.528. The Kier molecular flexibility index (Phi) is 5.04. The first-order chi connectivity index (χ1) is 13.6. The second kappa shape index (κ2) is 7.63. The van der Waals surface area contributed by atoms with Gasteiger partial charge in [0.25, 0.3) is 0 Å². The van der Waals surface area contributed by atoms with Gasteiger partial charge in [-0.2, -0.15) is 0 Å². The maximum Gasteiger partial charge on any atom is 0.245 e. The van der Waals surface area contributed by atoms with Crippen LogP contribution >= 0.6 is 0 Å². The Morgan fingerprint density at radius 1 is 1.32 bits per heavy atom. The van der Waals surface area contributed by atoms with Crippen molar-refractivity contribution in [3.05, 3.63) is 36.0 Å². The number of fused-ring (bicyclic) bond motifs is 1.